The van der Waals surface area contributed by atoms with Gasteiger partial charge in [0.05, 0.1) is 10.2 Å². The summed E-state index contributed by atoms with van der Waals surface area (Å²) in [5.41, 5.74) is 1.56. The number of rotatable bonds is 4. The molecule has 5 nitrogen and oxygen atoms in total. The van der Waals surface area contributed by atoms with Crippen molar-refractivity contribution in [3.05, 3.63) is 36.2 Å². The first-order valence-corrected chi connectivity index (χ1v) is 7.26. The van der Waals surface area contributed by atoms with Gasteiger partial charge in [-0.15, -0.1) is 0 Å². The summed E-state index contributed by atoms with van der Waals surface area (Å²) in [7, 11) is 3.95. The number of amides is 1. The van der Waals surface area contributed by atoms with Crippen LogP contribution in [0.2, 0.25) is 0 Å². The second-order valence-corrected chi connectivity index (χ2v) is 5.92. The standard InChI is InChI=1S/C14H16N4OS/c1-17(2)8-7-15-13(19)10-9-18-11-5-3-4-6-12(11)20-14(18)16-10/h3-6,9H,7-8H2,1-2H3,(H,15,19). The minimum absolute atomic E-state index is 0.119. The molecular weight excluding hydrogens is 272 g/mol. The number of hydrogen-bond acceptors (Lipinski definition) is 4. The molecule has 1 amide bonds. The van der Waals surface area contributed by atoms with E-state index in [9.17, 15) is 4.79 Å². The highest BCUT2D eigenvalue weighted by molar-refractivity contribution is 7.23. The minimum Gasteiger partial charge on any atom is -0.349 e. The zero-order valence-electron chi connectivity index (χ0n) is 11.5. The molecule has 0 spiro atoms. The van der Waals surface area contributed by atoms with Crippen LogP contribution in [0.15, 0.2) is 30.5 Å². The molecular formula is C14H16N4OS. The monoisotopic (exact) mass is 288 g/mol. The van der Waals surface area contributed by atoms with Gasteiger partial charge in [0.25, 0.3) is 5.91 Å². The van der Waals surface area contributed by atoms with Gasteiger partial charge < -0.3 is 10.2 Å². The molecule has 0 bridgehead atoms. The molecule has 3 rings (SSSR count). The van der Waals surface area contributed by atoms with Crippen LogP contribution in [0.1, 0.15) is 10.5 Å². The maximum atomic E-state index is 12.0. The number of nitrogens with zero attached hydrogens (tertiary/aromatic N) is 3. The molecule has 6 heteroatoms. The Bertz CT molecular complexity index is 759. The fourth-order valence-corrected chi connectivity index (χ4v) is 3.05. The second kappa shape index (κ2) is 5.22. The Labute approximate surface area is 120 Å². The fourth-order valence-electron chi connectivity index (χ4n) is 2.04. The topological polar surface area (TPSA) is 49.6 Å². The largest absolute Gasteiger partial charge is 0.349 e. The molecule has 20 heavy (non-hydrogen) atoms. The molecule has 0 atom stereocenters. The molecule has 0 aliphatic heterocycles. The molecule has 0 radical (unpaired) electrons. The van der Waals surface area contributed by atoms with E-state index < -0.39 is 0 Å². The van der Waals surface area contributed by atoms with Gasteiger partial charge in [0.15, 0.2) is 4.96 Å². The number of likely N-dealkylation sites (N-methyl/N-ethyl adjacent to an activating group) is 1. The summed E-state index contributed by atoms with van der Waals surface area (Å²) < 4.78 is 3.15. The zero-order chi connectivity index (χ0) is 14.1. The molecule has 1 aromatic carbocycles. The number of benzene rings is 1. The predicted octanol–water partition coefficient (Wildman–Crippen LogP) is 1.84. The zero-order valence-corrected chi connectivity index (χ0v) is 12.3. The van der Waals surface area contributed by atoms with Crippen molar-refractivity contribution < 1.29 is 4.79 Å². The van der Waals surface area contributed by atoms with Crippen molar-refractivity contribution in [1.82, 2.24) is 19.6 Å². The van der Waals surface area contributed by atoms with Gasteiger partial charge in [-0.3, -0.25) is 9.20 Å². The Morgan fingerprint density at radius 1 is 1.40 bits per heavy atom. The third-order valence-corrected chi connectivity index (χ3v) is 4.11. The molecule has 2 aromatic heterocycles. The fraction of sp³-hybridized carbons (Fsp3) is 0.286. The van der Waals surface area contributed by atoms with Gasteiger partial charge in [-0.05, 0) is 26.2 Å². The van der Waals surface area contributed by atoms with Gasteiger partial charge in [-0.2, -0.15) is 0 Å². The minimum atomic E-state index is -0.119. The van der Waals surface area contributed by atoms with E-state index in [0.717, 1.165) is 17.0 Å². The first-order valence-electron chi connectivity index (χ1n) is 6.45. The van der Waals surface area contributed by atoms with Crippen LogP contribution in [0.5, 0.6) is 0 Å². The summed E-state index contributed by atoms with van der Waals surface area (Å²) in [5, 5.41) is 2.88. The van der Waals surface area contributed by atoms with Crippen LogP contribution in [0.4, 0.5) is 0 Å². The predicted molar refractivity (Wildman–Crippen MR) is 81.5 cm³/mol. The summed E-state index contributed by atoms with van der Waals surface area (Å²) in [6.07, 6.45) is 1.80. The normalized spacial score (nSPS) is 11.6. The maximum Gasteiger partial charge on any atom is 0.271 e. The molecule has 0 fully saturated rings. The molecule has 1 N–H and O–H groups in total. The van der Waals surface area contributed by atoms with Crippen LogP contribution in [-0.2, 0) is 0 Å². The molecule has 0 aliphatic carbocycles. The van der Waals surface area contributed by atoms with E-state index in [-0.39, 0.29) is 5.91 Å². The van der Waals surface area contributed by atoms with Crippen molar-refractivity contribution in [1.29, 1.82) is 0 Å². The summed E-state index contributed by atoms with van der Waals surface area (Å²) in [4.78, 5) is 19.3. The van der Waals surface area contributed by atoms with E-state index in [2.05, 4.69) is 16.4 Å². The van der Waals surface area contributed by atoms with E-state index in [0.29, 0.717) is 12.2 Å². The highest BCUT2D eigenvalue weighted by Gasteiger charge is 2.13. The van der Waals surface area contributed by atoms with E-state index >= 15 is 0 Å². The summed E-state index contributed by atoms with van der Waals surface area (Å²) in [6, 6.07) is 8.10. The Balaban J connectivity index is 1.84. The average molecular weight is 288 g/mol. The van der Waals surface area contributed by atoms with E-state index in [1.807, 2.05) is 41.6 Å². The van der Waals surface area contributed by atoms with Gasteiger partial charge in [0.2, 0.25) is 0 Å². The van der Waals surface area contributed by atoms with Crippen molar-refractivity contribution >= 4 is 32.4 Å². The number of fused-ring (bicyclic) bond motifs is 3. The Kier molecular flexibility index (Phi) is 3.42. The molecule has 0 unspecified atom stereocenters. The Morgan fingerprint density at radius 2 is 2.20 bits per heavy atom. The first kappa shape index (κ1) is 13.1. The highest BCUT2D eigenvalue weighted by atomic mass is 32.1. The van der Waals surface area contributed by atoms with Gasteiger partial charge in [0, 0.05) is 19.3 Å². The smallest absolute Gasteiger partial charge is 0.271 e. The van der Waals surface area contributed by atoms with Crippen LogP contribution in [0, 0.1) is 0 Å². The first-order chi connectivity index (χ1) is 9.65. The van der Waals surface area contributed by atoms with Crippen molar-refractivity contribution in [3.8, 4) is 0 Å². The van der Waals surface area contributed by atoms with E-state index in [1.54, 1.807) is 17.5 Å². The summed E-state index contributed by atoms with van der Waals surface area (Å²) in [5.74, 6) is -0.119. The van der Waals surface area contributed by atoms with Crippen LogP contribution in [0.25, 0.3) is 15.2 Å². The average Bonchev–Trinajstić information content (AvgIpc) is 2.95. The SMILES string of the molecule is CN(C)CCNC(=O)c1cn2c(n1)sc1ccccc12. The number of imidazole rings is 1. The van der Waals surface area contributed by atoms with E-state index in [4.69, 9.17) is 0 Å². The second-order valence-electron chi connectivity index (χ2n) is 4.91. The van der Waals surface area contributed by atoms with Gasteiger partial charge in [-0.25, -0.2) is 4.98 Å². The van der Waals surface area contributed by atoms with E-state index in [1.165, 1.54) is 4.70 Å². The van der Waals surface area contributed by atoms with Gasteiger partial charge in [0.1, 0.15) is 5.69 Å². The highest BCUT2D eigenvalue weighted by Crippen LogP contribution is 2.25. The number of hydrogen-bond donors (Lipinski definition) is 1. The van der Waals surface area contributed by atoms with Gasteiger partial charge >= 0.3 is 0 Å². The van der Waals surface area contributed by atoms with Crippen molar-refractivity contribution in [2.24, 2.45) is 0 Å². The van der Waals surface area contributed by atoms with Crippen molar-refractivity contribution in [3.63, 3.8) is 0 Å². The van der Waals surface area contributed by atoms with Crippen molar-refractivity contribution in [2.75, 3.05) is 27.2 Å². The van der Waals surface area contributed by atoms with Crippen molar-refractivity contribution in [2.45, 2.75) is 0 Å². The van der Waals surface area contributed by atoms with Crippen LogP contribution in [-0.4, -0.2) is 47.4 Å². The Hall–Kier alpha value is -1.92. The molecule has 104 valence electrons. The molecule has 0 saturated carbocycles. The molecule has 2 heterocycles. The summed E-state index contributed by atoms with van der Waals surface area (Å²) >= 11 is 1.59. The lowest BCUT2D eigenvalue weighted by atomic mass is 10.3. The van der Waals surface area contributed by atoms with Gasteiger partial charge in [-0.1, -0.05) is 23.5 Å². The quantitative estimate of drug-likeness (QED) is 0.797. The number of carbonyl (C=O) groups excluding carboxylic acids is 1. The number of thiazole rings is 1. The number of nitrogens with one attached hydrogen (secondary N) is 1. The third kappa shape index (κ3) is 2.39. The third-order valence-electron chi connectivity index (χ3n) is 3.08. The maximum absolute atomic E-state index is 12.0. The molecule has 3 aromatic rings. The lowest BCUT2D eigenvalue weighted by Gasteiger charge is -2.09. The lowest BCUT2D eigenvalue weighted by Crippen LogP contribution is -2.31. The molecule has 0 saturated heterocycles. The van der Waals surface area contributed by atoms with Crippen LogP contribution >= 0.6 is 11.3 Å². The number of aromatic nitrogens is 2. The lowest BCUT2D eigenvalue weighted by molar-refractivity contribution is 0.0946. The number of para-hydroxylation sites is 1. The Morgan fingerprint density at radius 3 is 3.00 bits per heavy atom. The van der Waals surface area contributed by atoms with Crippen LogP contribution < -0.4 is 5.32 Å². The summed E-state index contributed by atoms with van der Waals surface area (Å²) in [6.45, 7) is 1.44. The van der Waals surface area contributed by atoms with Crippen LogP contribution in [0.3, 0.4) is 0 Å². The molecule has 0 aliphatic rings. The number of carbonyl (C=O) groups is 1.